The first-order valence-electron chi connectivity index (χ1n) is 12.4. The van der Waals surface area contributed by atoms with Crippen molar-refractivity contribution in [3.63, 3.8) is 0 Å². The number of ether oxygens (including phenoxy) is 1. The molecule has 2 aromatic rings. The molecule has 8 heteroatoms. The van der Waals surface area contributed by atoms with Crippen LogP contribution in [0.1, 0.15) is 13.3 Å². The molecule has 0 aromatic heterocycles. The number of amides is 2. The Labute approximate surface area is 213 Å². The second kappa shape index (κ2) is 8.78. The number of nitrogens with zero attached hydrogens (tertiary/aromatic N) is 2. The van der Waals surface area contributed by atoms with E-state index in [0.29, 0.717) is 13.0 Å². The third-order valence-corrected chi connectivity index (χ3v) is 9.72. The summed E-state index contributed by atoms with van der Waals surface area (Å²) >= 11 is 1.51. The lowest BCUT2D eigenvalue weighted by atomic mass is 9.78. The van der Waals surface area contributed by atoms with Crippen molar-refractivity contribution >= 4 is 46.0 Å². The molecule has 2 fully saturated rings. The number of aliphatic hydroxyl groups is 1. The number of hydrogen-bond donors (Lipinski definition) is 1. The van der Waals surface area contributed by atoms with Crippen LogP contribution in [0.4, 0.5) is 5.69 Å². The summed E-state index contributed by atoms with van der Waals surface area (Å²) in [6, 6.07) is 12.5. The van der Waals surface area contributed by atoms with E-state index in [9.17, 15) is 19.5 Å². The van der Waals surface area contributed by atoms with Crippen LogP contribution in [-0.4, -0.2) is 69.6 Å². The Hall–Kier alpha value is -3.10. The molecule has 6 rings (SSSR count). The molecular weight excluding hydrogens is 476 g/mol. The second-order valence-corrected chi connectivity index (χ2v) is 11.3. The summed E-state index contributed by atoms with van der Waals surface area (Å²) in [4.78, 5) is 44.8. The molecule has 1 N–H and O–H groups in total. The first kappa shape index (κ1) is 23.3. The fourth-order valence-corrected chi connectivity index (χ4v) is 8.28. The van der Waals surface area contributed by atoms with Gasteiger partial charge in [-0.1, -0.05) is 61.6 Å². The summed E-state index contributed by atoms with van der Waals surface area (Å²) in [5.74, 6) is -2.26. The number of rotatable bonds is 4. The molecule has 186 valence electrons. The maximum absolute atomic E-state index is 14.4. The predicted octanol–water partition coefficient (Wildman–Crippen LogP) is 2.92. The third-order valence-electron chi connectivity index (χ3n) is 7.97. The van der Waals surface area contributed by atoms with Crippen molar-refractivity contribution in [2.45, 2.75) is 35.4 Å². The lowest BCUT2D eigenvalue weighted by Crippen LogP contribution is -2.56. The van der Waals surface area contributed by atoms with Crippen molar-refractivity contribution in [2.75, 3.05) is 24.7 Å². The lowest BCUT2D eigenvalue weighted by molar-refractivity contribution is -0.152. The molecule has 1 unspecified atom stereocenters. The topological polar surface area (TPSA) is 87.2 Å². The van der Waals surface area contributed by atoms with Crippen LogP contribution in [-0.2, 0) is 19.1 Å². The normalized spacial score (nSPS) is 32.1. The van der Waals surface area contributed by atoms with Crippen LogP contribution in [0.5, 0.6) is 0 Å². The van der Waals surface area contributed by atoms with Gasteiger partial charge in [0.05, 0.1) is 29.2 Å². The van der Waals surface area contributed by atoms with Gasteiger partial charge in [0.1, 0.15) is 12.6 Å². The zero-order valence-corrected chi connectivity index (χ0v) is 20.8. The van der Waals surface area contributed by atoms with E-state index >= 15 is 0 Å². The number of carbonyl (C=O) groups excluding carboxylic acids is 3. The molecule has 4 aliphatic heterocycles. The van der Waals surface area contributed by atoms with Gasteiger partial charge < -0.3 is 19.6 Å². The van der Waals surface area contributed by atoms with Crippen molar-refractivity contribution in [3.8, 4) is 0 Å². The van der Waals surface area contributed by atoms with Gasteiger partial charge in [-0.2, -0.15) is 0 Å². The van der Waals surface area contributed by atoms with Gasteiger partial charge in [-0.15, -0.1) is 11.8 Å². The molecule has 0 radical (unpaired) electrons. The van der Waals surface area contributed by atoms with Crippen molar-refractivity contribution < 1.29 is 24.2 Å². The molecule has 4 aliphatic rings. The standard InChI is InChI=1S/C28H28N2O5S/c1-2-19(16-31)30-24-26(33)29(20-11-10-17-7-3-4-8-18(17)15-20)13-6-12-28(24)23(25(30)32)22-21(36-28)9-5-14-35-27(22)34/h3-12,15,19,21-24,31H,2,13-14,16H2,1H3/t19-,21-,22+,23-,24?,28-/m0/s1. The smallest absolute Gasteiger partial charge is 0.311 e. The van der Waals surface area contributed by atoms with Gasteiger partial charge in [-0.05, 0) is 29.3 Å². The quantitative estimate of drug-likeness (QED) is 0.509. The van der Waals surface area contributed by atoms with Crippen molar-refractivity contribution in [2.24, 2.45) is 11.8 Å². The SMILES string of the molecule is CC[C@@H](CO)N1C(=O)[C@@H]2[C@@H]3C(=O)OCC=C[C@@H]3S[C@@]23C=CCN(c2ccc4ccccc4c2)C(=O)C13. The second-order valence-electron chi connectivity index (χ2n) is 9.77. The highest BCUT2D eigenvalue weighted by Gasteiger charge is 2.71. The number of likely N-dealkylation sites (tertiary alicyclic amines) is 1. The summed E-state index contributed by atoms with van der Waals surface area (Å²) in [5, 5.41) is 12.0. The number of carbonyl (C=O) groups is 3. The molecule has 4 heterocycles. The average molecular weight is 505 g/mol. The molecule has 1 spiro atoms. The van der Waals surface area contributed by atoms with Gasteiger partial charge in [-0.3, -0.25) is 14.4 Å². The Balaban J connectivity index is 1.48. The van der Waals surface area contributed by atoms with E-state index in [1.54, 1.807) is 9.80 Å². The Morgan fingerprint density at radius 1 is 1.11 bits per heavy atom. The number of hydrogen-bond acceptors (Lipinski definition) is 6. The maximum atomic E-state index is 14.4. The van der Waals surface area contributed by atoms with E-state index in [-0.39, 0.29) is 30.3 Å². The highest BCUT2D eigenvalue weighted by molar-refractivity contribution is 8.02. The number of anilines is 1. The van der Waals surface area contributed by atoms with E-state index in [1.165, 1.54) is 11.8 Å². The van der Waals surface area contributed by atoms with Crippen LogP contribution >= 0.6 is 11.8 Å². The van der Waals surface area contributed by atoms with Crippen molar-refractivity contribution in [1.82, 2.24) is 4.90 Å². The number of esters is 1. The highest BCUT2D eigenvalue weighted by atomic mass is 32.2. The molecule has 36 heavy (non-hydrogen) atoms. The summed E-state index contributed by atoms with van der Waals surface area (Å²) in [6.45, 7) is 2.19. The summed E-state index contributed by atoms with van der Waals surface area (Å²) in [6.07, 6.45) is 8.18. The third kappa shape index (κ3) is 3.27. The Morgan fingerprint density at radius 3 is 2.69 bits per heavy atom. The fraction of sp³-hybridized carbons (Fsp3) is 0.393. The minimum absolute atomic E-state index is 0.187. The van der Waals surface area contributed by atoms with E-state index in [0.717, 1.165) is 16.5 Å². The Morgan fingerprint density at radius 2 is 1.92 bits per heavy atom. The minimum atomic E-state index is -0.918. The van der Waals surface area contributed by atoms with Gasteiger partial charge >= 0.3 is 5.97 Å². The zero-order valence-electron chi connectivity index (χ0n) is 19.9. The molecule has 0 aliphatic carbocycles. The number of benzene rings is 2. The van der Waals surface area contributed by atoms with Gasteiger partial charge in [0.2, 0.25) is 5.91 Å². The number of cyclic esters (lactones) is 1. The zero-order chi connectivity index (χ0) is 25.0. The molecule has 0 saturated carbocycles. The molecule has 2 aromatic carbocycles. The molecule has 7 nitrogen and oxygen atoms in total. The largest absolute Gasteiger partial charge is 0.461 e. The van der Waals surface area contributed by atoms with Crippen LogP contribution in [0.3, 0.4) is 0 Å². The first-order chi connectivity index (χ1) is 17.5. The van der Waals surface area contributed by atoms with Crippen LogP contribution in [0.15, 0.2) is 66.8 Å². The van der Waals surface area contributed by atoms with Crippen LogP contribution in [0.25, 0.3) is 10.8 Å². The highest BCUT2D eigenvalue weighted by Crippen LogP contribution is 2.61. The Kier molecular flexibility index (Phi) is 5.68. The molecule has 0 bridgehead atoms. The summed E-state index contributed by atoms with van der Waals surface area (Å²) in [5.41, 5.74) is 0.754. The van der Waals surface area contributed by atoms with Crippen LogP contribution in [0.2, 0.25) is 0 Å². The molecular formula is C28H28N2O5S. The summed E-state index contributed by atoms with van der Waals surface area (Å²) in [7, 11) is 0. The molecule has 6 atom stereocenters. The van der Waals surface area contributed by atoms with E-state index in [4.69, 9.17) is 4.74 Å². The predicted molar refractivity (Wildman–Crippen MR) is 138 cm³/mol. The minimum Gasteiger partial charge on any atom is -0.461 e. The molecule has 2 amide bonds. The summed E-state index contributed by atoms with van der Waals surface area (Å²) < 4.78 is 4.49. The number of thioether (sulfide) groups is 1. The fourth-order valence-electron chi connectivity index (χ4n) is 6.29. The van der Waals surface area contributed by atoms with E-state index in [2.05, 4.69) is 0 Å². The van der Waals surface area contributed by atoms with Gasteiger partial charge in [0, 0.05) is 17.5 Å². The van der Waals surface area contributed by atoms with Crippen LogP contribution < -0.4 is 4.90 Å². The van der Waals surface area contributed by atoms with Crippen LogP contribution in [0, 0.1) is 11.8 Å². The van der Waals surface area contributed by atoms with E-state index in [1.807, 2.05) is 73.7 Å². The van der Waals surface area contributed by atoms with E-state index < -0.39 is 34.6 Å². The number of fused-ring (bicyclic) bond motifs is 3. The Bertz CT molecular complexity index is 1300. The van der Waals surface area contributed by atoms with Gasteiger partial charge in [0.15, 0.2) is 0 Å². The van der Waals surface area contributed by atoms with Crippen molar-refractivity contribution in [3.05, 3.63) is 66.8 Å². The van der Waals surface area contributed by atoms with Gasteiger partial charge in [0.25, 0.3) is 5.91 Å². The lowest BCUT2D eigenvalue weighted by Gasteiger charge is -2.38. The maximum Gasteiger partial charge on any atom is 0.311 e. The van der Waals surface area contributed by atoms with Gasteiger partial charge in [-0.25, -0.2) is 0 Å². The average Bonchev–Trinajstić information content (AvgIpc) is 3.19. The molecule has 2 saturated heterocycles. The number of aliphatic hydroxyl groups excluding tert-OH is 1. The van der Waals surface area contributed by atoms with Crippen molar-refractivity contribution in [1.29, 1.82) is 0 Å². The first-order valence-corrected chi connectivity index (χ1v) is 13.3. The monoisotopic (exact) mass is 504 g/mol.